The van der Waals surface area contributed by atoms with Crippen LogP contribution in [0.4, 0.5) is 0 Å². The van der Waals surface area contributed by atoms with Gasteiger partial charge in [0.1, 0.15) is 0 Å². The number of nitrogens with two attached hydrogens (primary N) is 1. The molecule has 4 heteroatoms. The molecule has 2 nitrogen and oxygen atoms in total. The zero-order valence-corrected chi connectivity index (χ0v) is 14.6. The minimum absolute atomic E-state index is 0.0318. The van der Waals surface area contributed by atoms with Crippen LogP contribution >= 0.6 is 23.2 Å². The molecule has 21 heavy (non-hydrogen) atoms. The molecule has 0 radical (unpaired) electrons. The quantitative estimate of drug-likeness (QED) is 0.880. The molecule has 1 fully saturated rings. The van der Waals surface area contributed by atoms with Crippen molar-refractivity contribution in [1.29, 1.82) is 0 Å². The van der Waals surface area contributed by atoms with Gasteiger partial charge in [-0.1, -0.05) is 48.2 Å². The highest BCUT2D eigenvalue weighted by Crippen LogP contribution is 2.29. The lowest BCUT2D eigenvalue weighted by Crippen LogP contribution is -2.57. The van der Waals surface area contributed by atoms with Gasteiger partial charge >= 0.3 is 0 Å². The highest BCUT2D eigenvalue weighted by Gasteiger charge is 2.33. The van der Waals surface area contributed by atoms with E-state index in [1.54, 1.807) is 0 Å². The van der Waals surface area contributed by atoms with Crippen molar-refractivity contribution in [2.75, 3.05) is 13.1 Å². The van der Waals surface area contributed by atoms with E-state index < -0.39 is 0 Å². The first kappa shape index (κ1) is 17.1. The van der Waals surface area contributed by atoms with Crippen molar-refractivity contribution in [2.45, 2.75) is 57.5 Å². The number of hydrogen-bond acceptors (Lipinski definition) is 2. The SMILES string of the molecule is CC(C)(C(N)Cc1cccc(Cl)c1Cl)N1CCCCCC1. The van der Waals surface area contributed by atoms with E-state index >= 15 is 0 Å². The van der Waals surface area contributed by atoms with Gasteiger partial charge in [-0.25, -0.2) is 0 Å². The van der Waals surface area contributed by atoms with E-state index in [-0.39, 0.29) is 11.6 Å². The second kappa shape index (κ2) is 7.32. The van der Waals surface area contributed by atoms with Crippen LogP contribution in [0.1, 0.15) is 45.1 Å². The predicted octanol–water partition coefficient (Wildman–Crippen LogP) is 4.52. The van der Waals surface area contributed by atoms with Gasteiger partial charge in [-0.15, -0.1) is 0 Å². The Bertz CT molecular complexity index is 466. The number of halogens is 2. The summed E-state index contributed by atoms with van der Waals surface area (Å²) in [5.74, 6) is 0. The summed E-state index contributed by atoms with van der Waals surface area (Å²) >= 11 is 12.4. The van der Waals surface area contributed by atoms with Crippen LogP contribution in [0.2, 0.25) is 10.0 Å². The predicted molar refractivity (Wildman–Crippen MR) is 92.3 cm³/mol. The van der Waals surface area contributed by atoms with Gasteiger partial charge in [-0.2, -0.15) is 0 Å². The summed E-state index contributed by atoms with van der Waals surface area (Å²) in [5, 5.41) is 1.25. The average Bonchev–Trinajstić information content (AvgIpc) is 2.73. The molecule has 118 valence electrons. The minimum atomic E-state index is -0.0318. The van der Waals surface area contributed by atoms with E-state index in [9.17, 15) is 0 Å². The molecule has 0 aromatic heterocycles. The molecule has 0 bridgehead atoms. The van der Waals surface area contributed by atoms with Gasteiger partial charge in [0.25, 0.3) is 0 Å². The largest absolute Gasteiger partial charge is 0.326 e. The lowest BCUT2D eigenvalue weighted by molar-refractivity contribution is 0.0979. The molecular formula is C17H26Cl2N2. The Balaban J connectivity index is 2.10. The Morgan fingerprint density at radius 3 is 2.38 bits per heavy atom. The van der Waals surface area contributed by atoms with Crippen LogP contribution in [0.15, 0.2) is 18.2 Å². The van der Waals surface area contributed by atoms with Gasteiger partial charge in [0.05, 0.1) is 10.0 Å². The van der Waals surface area contributed by atoms with E-state index in [4.69, 9.17) is 28.9 Å². The number of hydrogen-bond donors (Lipinski definition) is 1. The Kier molecular flexibility index (Phi) is 5.96. The van der Waals surface area contributed by atoms with Crippen molar-refractivity contribution in [3.63, 3.8) is 0 Å². The van der Waals surface area contributed by atoms with Gasteiger partial charge in [0.2, 0.25) is 0 Å². The molecule has 2 rings (SSSR count). The van der Waals surface area contributed by atoms with Gasteiger partial charge in [-0.05, 0) is 57.8 Å². The van der Waals surface area contributed by atoms with Crippen molar-refractivity contribution in [1.82, 2.24) is 4.90 Å². The molecule has 1 atom stereocenters. The van der Waals surface area contributed by atoms with Crippen molar-refractivity contribution in [3.8, 4) is 0 Å². The fourth-order valence-electron chi connectivity index (χ4n) is 3.07. The van der Waals surface area contributed by atoms with E-state index in [1.807, 2.05) is 18.2 Å². The first-order valence-electron chi connectivity index (χ1n) is 7.86. The highest BCUT2D eigenvalue weighted by molar-refractivity contribution is 6.42. The number of likely N-dealkylation sites (tertiary alicyclic amines) is 1. The van der Waals surface area contributed by atoms with Crippen molar-refractivity contribution < 1.29 is 0 Å². The first-order chi connectivity index (χ1) is 9.93. The molecule has 1 aromatic carbocycles. The average molecular weight is 329 g/mol. The third-order valence-electron chi connectivity index (χ3n) is 4.80. The third kappa shape index (κ3) is 4.13. The molecule has 1 aliphatic heterocycles. The normalized spacial score (nSPS) is 19.3. The molecule has 1 heterocycles. The summed E-state index contributed by atoms with van der Waals surface area (Å²) in [4.78, 5) is 2.54. The van der Waals surface area contributed by atoms with E-state index in [2.05, 4.69) is 18.7 Å². The second-order valence-corrected chi connectivity index (χ2v) is 7.36. The molecule has 0 amide bonds. The monoisotopic (exact) mass is 328 g/mol. The fraction of sp³-hybridized carbons (Fsp3) is 0.647. The topological polar surface area (TPSA) is 29.3 Å². The van der Waals surface area contributed by atoms with Gasteiger partial charge < -0.3 is 5.73 Å². The third-order valence-corrected chi connectivity index (χ3v) is 5.66. The minimum Gasteiger partial charge on any atom is -0.326 e. The van der Waals surface area contributed by atoms with E-state index in [0.717, 1.165) is 25.1 Å². The molecule has 1 aromatic rings. The molecule has 1 aliphatic rings. The second-order valence-electron chi connectivity index (χ2n) is 6.58. The van der Waals surface area contributed by atoms with Crippen molar-refractivity contribution >= 4 is 23.2 Å². The molecule has 1 unspecified atom stereocenters. The van der Waals surface area contributed by atoms with Crippen molar-refractivity contribution in [2.24, 2.45) is 5.73 Å². The Morgan fingerprint density at radius 1 is 1.14 bits per heavy atom. The van der Waals surface area contributed by atoms with Crippen molar-refractivity contribution in [3.05, 3.63) is 33.8 Å². The molecule has 0 aliphatic carbocycles. The Morgan fingerprint density at radius 2 is 1.76 bits per heavy atom. The van der Waals surface area contributed by atoms with Gasteiger partial charge in [-0.3, -0.25) is 4.90 Å². The first-order valence-corrected chi connectivity index (χ1v) is 8.62. The van der Waals surface area contributed by atoms with Crippen LogP contribution in [0.25, 0.3) is 0 Å². The molecule has 0 spiro atoms. The van der Waals surface area contributed by atoms with Gasteiger partial charge in [0.15, 0.2) is 0 Å². The summed E-state index contributed by atoms with van der Waals surface area (Å²) in [6.45, 7) is 6.79. The lowest BCUT2D eigenvalue weighted by atomic mass is 9.88. The Hall–Kier alpha value is -0.280. The maximum atomic E-state index is 6.54. The van der Waals surface area contributed by atoms with Crippen LogP contribution in [-0.2, 0) is 6.42 Å². The van der Waals surface area contributed by atoms with Crippen LogP contribution in [0, 0.1) is 0 Å². The highest BCUT2D eigenvalue weighted by atomic mass is 35.5. The maximum Gasteiger partial charge on any atom is 0.0624 e. The summed E-state index contributed by atoms with van der Waals surface area (Å²) in [5.41, 5.74) is 7.55. The van der Waals surface area contributed by atoms with Crippen LogP contribution < -0.4 is 5.73 Å². The van der Waals surface area contributed by atoms with Gasteiger partial charge in [0, 0.05) is 11.6 Å². The number of rotatable bonds is 4. The van der Waals surface area contributed by atoms with Crippen LogP contribution in [-0.4, -0.2) is 29.6 Å². The molecule has 1 saturated heterocycles. The van der Waals surface area contributed by atoms with Crippen LogP contribution in [0.3, 0.4) is 0 Å². The zero-order valence-electron chi connectivity index (χ0n) is 13.0. The van der Waals surface area contributed by atoms with E-state index in [1.165, 1.54) is 25.7 Å². The van der Waals surface area contributed by atoms with Crippen LogP contribution in [0.5, 0.6) is 0 Å². The fourth-order valence-corrected chi connectivity index (χ4v) is 3.47. The number of benzene rings is 1. The number of nitrogens with zero attached hydrogens (tertiary/aromatic N) is 1. The summed E-state index contributed by atoms with van der Waals surface area (Å²) in [7, 11) is 0. The Labute approximate surface area is 138 Å². The maximum absolute atomic E-state index is 6.54. The zero-order chi connectivity index (χ0) is 15.5. The molecular weight excluding hydrogens is 303 g/mol. The molecule has 0 saturated carbocycles. The summed E-state index contributed by atoms with van der Waals surface area (Å²) in [6.07, 6.45) is 5.97. The summed E-state index contributed by atoms with van der Waals surface area (Å²) in [6, 6.07) is 5.81. The van der Waals surface area contributed by atoms with E-state index in [0.29, 0.717) is 10.0 Å². The smallest absolute Gasteiger partial charge is 0.0624 e. The summed E-state index contributed by atoms with van der Waals surface area (Å²) < 4.78 is 0. The standard InChI is InChI=1S/C17H26Cl2N2/c1-17(2,21-10-5-3-4-6-11-21)15(20)12-13-8-7-9-14(18)16(13)19/h7-9,15H,3-6,10-12,20H2,1-2H3. The molecule has 2 N–H and O–H groups in total. The lowest BCUT2D eigenvalue weighted by Gasteiger charge is -2.42.